The molecule has 1 aromatic carbocycles. The molecule has 0 aliphatic heterocycles. The number of benzene rings is 1. The van der Waals surface area contributed by atoms with Gasteiger partial charge in [0.15, 0.2) is 6.29 Å². The second-order valence-corrected chi connectivity index (χ2v) is 6.10. The number of carbonyl (C=O) groups is 1. The quantitative estimate of drug-likeness (QED) is 0.662. The monoisotopic (exact) mass is 295 g/mol. The molecule has 90 valence electrons. The lowest BCUT2D eigenvalue weighted by Crippen LogP contribution is -1.82. The van der Waals surface area contributed by atoms with E-state index in [1.165, 1.54) is 11.3 Å². The van der Waals surface area contributed by atoms with Crippen LogP contribution in [0.2, 0.25) is 8.67 Å². The number of hydrogen-bond acceptors (Lipinski definition) is 2. The lowest BCUT2D eigenvalue weighted by atomic mass is 10.1. The van der Waals surface area contributed by atoms with E-state index < -0.39 is 0 Å². The maximum atomic E-state index is 11.3. The van der Waals surface area contributed by atoms with Crippen molar-refractivity contribution < 1.29 is 4.79 Å². The highest BCUT2D eigenvalue weighted by Gasteiger charge is 2.16. The molecule has 0 radical (unpaired) electrons. The molecule has 0 atom stereocenters. The Hall–Kier alpha value is -1.29. The molecule has 1 N–H and O–H groups in total. The molecule has 0 aliphatic rings. The van der Waals surface area contributed by atoms with Gasteiger partial charge in [-0.2, -0.15) is 0 Å². The average Bonchev–Trinajstić information content (AvgIpc) is 2.88. The molecule has 2 aromatic heterocycles. The van der Waals surface area contributed by atoms with E-state index >= 15 is 0 Å². The summed E-state index contributed by atoms with van der Waals surface area (Å²) in [5, 5.41) is 0.890. The topological polar surface area (TPSA) is 32.9 Å². The molecule has 0 fully saturated rings. The summed E-state index contributed by atoms with van der Waals surface area (Å²) in [4.78, 5) is 14.5. The number of thiophene rings is 1. The van der Waals surface area contributed by atoms with Crippen molar-refractivity contribution >= 4 is 51.7 Å². The number of carbonyl (C=O) groups excluding carboxylic acids is 1. The zero-order valence-corrected chi connectivity index (χ0v) is 11.4. The fraction of sp³-hybridized carbons (Fsp3) is 0. The van der Waals surface area contributed by atoms with E-state index in [0.717, 1.165) is 28.4 Å². The molecule has 18 heavy (non-hydrogen) atoms. The summed E-state index contributed by atoms with van der Waals surface area (Å²) in [5.74, 6) is 0. The number of aromatic amines is 1. The lowest BCUT2D eigenvalue weighted by Gasteiger charge is -1.96. The first-order valence-corrected chi connectivity index (χ1v) is 6.79. The van der Waals surface area contributed by atoms with Crippen LogP contribution in [0.5, 0.6) is 0 Å². The van der Waals surface area contributed by atoms with Crippen LogP contribution in [0.3, 0.4) is 0 Å². The summed E-state index contributed by atoms with van der Waals surface area (Å²) >= 11 is 13.4. The summed E-state index contributed by atoms with van der Waals surface area (Å²) in [6.07, 6.45) is 0.843. The van der Waals surface area contributed by atoms with Crippen LogP contribution in [0, 0.1) is 0 Å². The molecule has 0 unspecified atom stereocenters. The number of para-hydroxylation sites is 1. The maximum Gasteiger partial charge on any atom is 0.152 e. The molecule has 3 aromatic rings. The van der Waals surface area contributed by atoms with Crippen molar-refractivity contribution in [2.75, 3.05) is 0 Å². The smallest absolute Gasteiger partial charge is 0.152 e. The van der Waals surface area contributed by atoms with Crippen LogP contribution in [-0.4, -0.2) is 11.3 Å². The Morgan fingerprint density at radius 2 is 2.00 bits per heavy atom. The van der Waals surface area contributed by atoms with Crippen molar-refractivity contribution in [3.63, 3.8) is 0 Å². The average molecular weight is 296 g/mol. The van der Waals surface area contributed by atoms with Gasteiger partial charge >= 0.3 is 0 Å². The van der Waals surface area contributed by atoms with Crippen LogP contribution < -0.4 is 0 Å². The first kappa shape index (κ1) is 11.8. The number of rotatable bonds is 2. The lowest BCUT2D eigenvalue weighted by molar-refractivity contribution is 0.112. The van der Waals surface area contributed by atoms with Gasteiger partial charge < -0.3 is 4.98 Å². The molecular weight excluding hydrogens is 289 g/mol. The van der Waals surface area contributed by atoms with Gasteiger partial charge in [0.1, 0.15) is 4.34 Å². The maximum absolute atomic E-state index is 11.3. The molecule has 0 aliphatic carbocycles. The predicted molar refractivity (Wildman–Crippen MR) is 77.0 cm³/mol. The van der Waals surface area contributed by atoms with Gasteiger partial charge in [-0.3, -0.25) is 4.79 Å². The van der Waals surface area contributed by atoms with Crippen LogP contribution in [0.1, 0.15) is 10.4 Å². The number of aldehydes is 1. The summed E-state index contributed by atoms with van der Waals surface area (Å²) in [6.45, 7) is 0. The van der Waals surface area contributed by atoms with E-state index in [1.807, 2.05) is 24.3 Å². The predicted octanol–water partition coefficient (Wildman–Crippen LogP) is 5.02. The summed E-state index contributed by atoms with van der Waals surface area (Å²) in [7, 11) is 0. The highest BCUT2D eigenvalue weighted by atomic mass is 35.5. The molecule has 0 spiro atoms. The van der Waals surface area contributed by atoms with Crippen molar-refractivity contribution in [2.24, 2.45) is 0 Å². The second kappa shape index (κ2) is 4.43. The normalized spacial score (nSPS) is 11.0. The Labute approximate surface area is 117 Å². The van der Waals surface area contributed by atoms with Crippen molar-refractivity contribution in [3.8, 4) is 11.3 Å². The van der Waals surface area contributed by atoms with Gasteiger partial charge in [-0.25, -0.2) is 0 Å². The van der Waals surface area contributed by atoms with E-state index in [0.29, 0.717) is 14.2 Å². The Balaban J connectivity index is 2.35. The Bertz CT molecular complexity index is 745. The minimum Gasteiger partial charge on any atom is -0.354 e. The van der Waals surface area contributed by atoms with Crippen LogP contribution in [0.25, 0.3) is 22.2 Å². The minimum absolute atomic E-state index is 0.578. The van der Waals surface area contributed by atoms with Gasteiger partial charge in [0.05, 0.1) is 10.0 Å². The number of H-pyrrole nitrogens is 1. The molecule has 0 amide bonds. The largest absolute Gasteiger partial charge is 0.354 e. The van der Waals surface area contributed by atoms with Crippen LogP contribution in [0.4, 0.5) is 0 Å². The number of halogens is 2. The fourth-order valence-electron chi connectivity index (χ4n) is 2.01. The molecule has 0 saturated heterocycles. The number of nitrogens with one attached hydrogen (secondary N) is 1. The Kier molecular flexibility index (Phi) is 2.90. The first-order valence-electron chi connectivity index (χ1n) is 5.22. The van der Waals surface area contributed by atoms with E-state index in [4.69, 9.17) is 23.2 Å². The number of fused-ring (bicyclic) bond motifs is 1. The molecular formula is C13H7Cl2NOS. The van der Waals surface area contributed by atoms with E-state index in [-0.39, 0.29) is 0 Å². The van der Waals surface area contributed by atoms with E-state index in [9.17, 15) is 4.79 Å². The van der Waals surface area contributed by atoms with Crippen LogP contribution in [-0.2, 0) is 0 Å². The van der Waals surface area contributed by atoms with Crippen LogP contribution in [0.15, 0.2) is 30.3 Å². The Morgan fingerprint density at radius 3 is 2.67 bits per heavy atom. The zero-order valence-electron chi connectivity index (χ0n) is 9.04. The van der Waals surface area contributed by atoms with Crippen molar-refractivity contribution in [2.45, 2.75) is 0 Å². The van der Waals surface area contributed by atoms with Crippen molar-refractivity contribution in [3.05, 3.63) is 44.6 Å². The zero-order chi connectivity index (χ0) is 12.7. The van der Waals surface area contributed by atoms with Gasteiger partial charge in [-0.1, -0.05) is 41.4 Å². The Morgan fingerprint density at radius 1 is 1.22 bits per heavy atom. The van der Waals surface area contributed by atoms with Gasteiger partial charge in [0.2, 0.25) is 0 Å². The van der Waals surface area contributed by atoms with Crippen LogP contribution >= 0.6 is 34.5 Å². The summed E-state index contributed by atoms with van der Waals surface area (Å²) < 4.78 is 1.18. The highest BCUT2D eigenvalue weighted by Crippen LogP contribution is 2.40. The molecule has 2 nitrogen and oxygen atoms in total. The SMILES string of the molecule is O=Cc1c(-c2cc(Cl)sc2Cl)[nH]c2ccccc12. The minimum atomic E-state index is 0.578. The van der Waals surface area contributed by atoms with Gasteiger partial charge in [-0.05, 0) is 12.1 Å². The third kappa shape index (κ3) is 1.75. The third-order valence-corrected chi connectivity index (χ3v) is 4.28. The molecule has 0 bridgehead atoms. The number of hydrogen-bond donors (Lipinski definition) is 1. The standard InChI is InChI=1S/C13H7Cl2NOS/c14-11-5-8(13(15)18-11)12-9(6-17)7-3-1-2-4-10(7)16-12/h1-6,16H. The molecule has 3 rings (SSSR count). The van der Waals surface area contributed by atoms with Crippen molar-refractivity contribution in [1.82, 2.24) is 4.98 Å². The van der Waals surface area contributed by atoms with Gasteiger partial charge in [-0.15, -0.1) is 11.3 Å². The second-order valence-electron chi connectivity index (χ2n) is 3.82. The molecule has 0 saturated carbocycles. The fourth-order valence-corrected chi connectivity index (χ4v) is 3.49. The summed E-state index contributed by atoms with van der Waals surface area (Å²) in [6, 6.07) is 9.41. The van der Waals surface area contributed by atoms with Gasteiger partial charge in [0, 0.05) is 22.0 Å². The first-order chi connectivity index (χ1) is 8.70. The van der Waals surface area contributed by atoms with Crippen molar-refractivity contribution in [1.29, 1.82) is 0 Å². The van der Waals surface area contributed by atoms with Gasteiger partial charge in [0.25, 0.3) is 0 Å². The molecule has 5 heteroatoms. The molecule has 2 heterocycles. The highest BCUT2D eigenvalue weighted by molar-refractivity contribution is 7.20. The third-order valence-electron chi connectivity index (χ3n) is 2.79. The van der Waals surface area contributed by atoms with E-state index in [2.05, 4.69) is 4.98 Å². The number of aromatic nitrogens is 1. The summed E-state index contributed by atoms with van der Waals surface area (Å²) in [5.41, 5.74) is 3.01. The van der Waals surface area contributed by atoms with E-state index in [1.54, 1.807) is 6.07 Å².